The molecule has 0 unspecified atom stereocenters. The van der Waals surface area contributed by atoms with Crippen LogP contribution in [0.5, 0.6) is 0 Å². The van der Waals surface area contributed by atoms with Gasteiger partial charge in [-0.05, 0) is 73.9 Å². The van der Waals surface area contributed by atoms with Gasteiger partial charge in [-0.1, -0.05) is 36.4 Å². The SMILES string of the molecule is Cc1cccc([P+](C)(c2cccc(C)c2)c2cccc(C)c2)c1.[Br-]. The molecule has 0 amide bonds. The molecule has 2 heteroatoms. The van der Waals surface area contributed by atoms with E-state index in [1.54, 1.807) is 0 Å². The predicted molar refractivity (Wildman–Crippen MR) is 105 cm³/mol. The summed E-state index contributed by atoms with van der Waals surface area (Å²) in [6, 6.07) is 27.1. The van der Waals surface area contributed by atoms with Gasteiger partial charge in [0.2, 0.25) is 0 Å². The number of hydrogen-bond donors (Lipinski definition) is 0. The van der Waals surface area contributed by atoms with E-state index < -0.39 is 7.26 Å². The van der Waals surface area contributed by atoms with Gasteiger partial charge in [0.05, 0.1) is 6.66 Å². The van der Waals surface area contributed by atoms with Crippen molar-refractivity contribution in [3.8, 4) is 0 Å². The Labute approximate surface area is 157 Å². The summed E-state index contributed by atoms with van der Waals surface area (Å²) in [5, 5.41) is 4.36. The Balaban J connectivity index is 0.00000208. The molecule has 0 atom stereocenters. The average molecular weight is 399 g/mol. The minimum atomic E-state index is -1.61. The van der Waals surface area contributed by atoms with Crippen LogP contribution in [0.25, 0.3) is 0 Å². The molecule has 0 radical (unpaired) electrons. The Morgan fingerprint density at radius 2 is 0.833 bits per heavy atom. The van der Waals surface area contributed by atoms with Crippen molar-refractivity contribution < 1.29 is 17.0 Å². The minimum absolute atomic E-state index is 0. The summed E-state index contributed by atoms with van der Waals surface area (Å²) in [6.07, 6.45) is 0. The molecule has 0 saturated heterocycles. The maximum atomic E-state index is 2.45. The summed E-state index contributed by atoms with van der Waals surface area (Å²) < 4.78 is 0. The Hall–Kier alpha value is -1.43. The van der Waals surface area contributed by atoms with Crippen molar-refractivity contribution in [3.05, 3.63) is 89.5 Å². The summed E-state index contributed by atoms with van der Waals surface area (Å²) in [4.78, 5) is 0. The largest absolute Gasteiger partial charge is 1.00 e. The second-order valence-corrected chi connectivity index (χ2v) is 10.1. The second-order valence-electron chi connectivity index (χ2n) is 6.52. The molecule has 3 aromatic rings. The molecular formula is C22H24BrP. The molecule has 3 aromatic carbocycles. The molecule has 0 spiro atoms. The van der Waals surface area contributed by atoms with Crippen LogP contribution < -0.4 is 32.9 Å². The highest BCUT2D eigenvalue weighted by Gasteiger charge is 2.40. The van der Waals surface area contributed by atoms with Crippen LogP contribution >= 0.6 is 7.26 Å². The van der Waals surface area contributed by atoms with E-state index in [-0.39, 0.29) is 17.0 Å². The summed E-state index contributed by atoms with van der Waals surface area (Å²) >= 11 is 0. The summed E-state index contributed by atoms with van der Waals surface area (Å²) in [5.74, 6) is 0. The van der Waals surface area contributed by atoms with Crippen LogP contribution in [0.1, 0.15) is 16.7 Å². The third kappa shape index (κ3) is 3.63. The molecule has 3 rings (SSSR count). The van der Waals surface area contributed by atoms with Crippen LogP contribution in [0.15, 0.2) is 72.8 Å². The standard InChI is InChI=1S/C22H24P.BrH/c1-17-8-5-11-20(14-17)23(4,21-12-6-9-18(2)15-21)22-13-7-10-19(3)16-22;/h5-16H,1-4H3;1H/q+1;/p-1. The lowest BCUT2D eigenvalue weighted by Crippen LogP contribution is -3.00. The highest BCUT2D eigenvalue weighted by Crippen LogP contribution is 2.51. The molecule has 0 aliphatic heterocycles. The lowest BCUT2D eigenvalue weighted by molar-refractivity contribution is -0.00000480. The van der Waals surface area contributed by atoms with Gasteiger partial charge in [0, 0.05) is 0 Å². The Kier molecular flexibility index (Phi) is 6.01. The van der Waals surface area contributed by atoms with Gasteiger partial charge in [-0.3, -0.25) is 0 Å². The first-order valence-electron chi connectivity index (χ1n) is 8.08. The second kappa shape index (κ2) is 7.64. The average Bonchev–Trinajstić information content (AvgIpc) is 2.54. The zero-order chi connectivity index (χ0) is 16.4. The molecule has 0 bridgehead atoms. The Bertz CT molecular complexity index is 728. The number of rotatable bonds is 3. The number of benzene rings is 3. The zero-order valence-corrected chi connectivity index (χ0v) is 17.2. The summed E-state index contributed by atoms with van der Waals surface area (Å²) in [5.41, 5.74) is 3.98. The maximum Gasteiger partial charge on any atom is 0.109 e. The summed E-state index contributed by atoms with van der Waals surface area (Å²) in [6.45, 7) is 8.99. The fourth-order valence-corrected chi connectivity index (χ4v) is 6.60. The van der Waals surface area contributed by atoms with Gasteiger partial charge < -0.3 is 17.0 Å². The molecule has 0 aromatic heterocycles. The molecule has 0 N–H and O–H groups in total. The quantitative estimate of drug-likeness (QED) is 0.587. The van der Waals surface area contributed by atoms with E-state index in [0.717, 1.165) is 0 Å². The van der Waals surface area contributed by atoms with Crippen molar-refractivity contribution in [1.29, 1.82) is 0 Å². The van der Waals surface area contributed by atoms with Gasteiger partial charge in [-0.25, -0.2) is 0 Å². The molecular weight excluding hydrogens is 375 g/mol. The van der Waals surface area contributed by atoms with E-state index in [0.29, 0.717) is 0 Å². The number of aryl methyl sites for hydroxylation is 3. The van der Waals surface area contributed by atoms with E-state index in [1.165, 1.54) is 32.6 Å². The molecule has 0 nitrogen and oxygen atoms in total. The predicted octanol–water partition coefficient (Wildman–Crippen LogP) is 1.54. The number of halogens is 1. The third-order valence-corrected chi connectivity index (χ3v) is 8.49. The lowest BCUT2D eigenvalue weighted by atomic mass is 10.2. The van der Waals surface area contributed by atoms with Gasteiger partial charge >= 0.3 is 0 Å². The highest BCUT2D eigenvalue weighted by molar-refractivity contribution is 7.95. The first kappa shape index (κ1) is 18.9. The Morgan fingerprint density at radius 3 is 1.08 bits per heavy atom. The van der Waals surface area contributed by atoms with Crippen molar-refractivity contribution in [2.75, 3.05) is 6.66 Å². The monoisotopic (exact) mass is 398 g/mol. The fraction of sp³-hybridized carbons (Fsp3) is 0.182. The van der Waals surface area contributed by atoms with E-state index in [9.17, 15) is 0 Å². The van der Waals surface area contributed by atoms with Crippen LogP contribution in [0.3, 0.4) is 0 Å². The van der Waals surface area contributed by atoms with Crippen molar-refractivity contribution in [3.63, 3.8) is 0 Å². The van der Waals surface area contributed by atoms with Gasteiger partial charge in [0.1, 0.15) is 23.2 Å². The normalized spacial score (nSPS) is 11.0. The molecule has 0 fully saturated rings. The minimum Gasteiger partial charge on any atom is -1.00 e. The van der Waals surface area contributed by atoms with Gasteiger partial charge in [-0.2, -0.15) is 0 Å². The molecule has 0 heterocycles. The van der Waals surface area contributed by atoms with Crippen LogP contribution in [0.2, 0.25) is 0 Å². The van der Waals surface area contributed by atoms with E-state index in [4.69, 9.17) is 0 Å². The summed E-state index contributed by atoms with van der Waals surface area (Å²) in [7, 11) is -1.61. The van der Waals surface area contributed by atoms with Crippen molar-refractivity contribution in [2.45, 2.75) is 20.8 Å². The van der Waals surface area contributed by atoms with Gasteiger partial charge in [0.15, 0.2) is 0 Å². The molecule has 24 heavy (non-hydrogen) atoms. The topological polar surface area (TPSA) is 0 Å². The van der Waals surface area contributed by atoms with Gasteiger partial charge in [0.25, 0.3) is 0 Å². The van der Waals surface area contributed by atoms with Crippen LogP contribution in [-0.4, -0.2) is 6.66 Å². The molecule has 124 valence electrons. The van der Waals surface area contributed by atoms with Crippen molar-refractivity contribution in [2.24, 2.45) is 0 Å². The zero-order valence-electron chi connectivity index (χ0n) is 14.8. The van der Waals surface area contributed by atoms with Crippen LogP contribution in [-0.2, 0) is 0 Å². The maximum absolute atomic E-state index is 2.45. The van der Waals surface area contributed by atoms with Crippen LogP contribution in [0, 0.1) is 20.8 Å². The number of hydrogen-bond acceptors (Lipinski definition) is 0. The van der Waals surface area contributed by atoms with Crippen LogP contribution in [0.4, 0.5) is 0 Å². The van der Waals surface area contributed by atoms with Crippen molar-refractivity contribution in [1.82, 2.24) is 0 Å². The molecule has 0 saturated carbocycles. The molecule has 0 aliphatic rings. The third-order valence-electron chi connectivity index (χ3n) is 4.55. The highest BCUT2D eigenvalue weighted by atomic mass is 79.9. The Morgan fingerprint density at radius 1 is 0.542 bits per heavy atom. The van der Waals surface area contributed by atoms with Gasteiger partial charge in [-0.15, -0.1) is 0 Å². The smallest absolute Gasteiger partial charge is 0.109 e. The molecule has 0 aliphatic carbocycles. The first-order chi connectivity index (χ1) is 11.0. The van der Waals surface area contributed by atoms with E-state index in [2.05, 4.69) is 100 Å². The lowest BCUT2D eigenvalue weighted by Gasteiger charge is -2.24. The van der Waals surface area contributed by atoms with E-state index in [1.807, 2.05) is 0 Å². The fourth-order valence-electron chi connectivity index (χ4n) is 3.17. The first-order valence-corrected chi connectivity index (χ1v) is 10.3. The van der Waals surface area contributed by atoms with Crippen molar-refractivity contribution >= 4 is 23.2 Å². The van der Waals surface area contributed by atoms with E-state index >= 15 is 0 Å².